The van der Waals surface area contributed by atoms with Gasteiger partial charge in [-0.2, -0.15) is 0 Å². The number of piperidine rings is 1. The Bertz CT molecular complexity index is 506. The highest BCUT2D eigenvalue weighted by Gasteiger charge is 2.41. The highest BCUT2D eigenvalue weighted by Crippen LogP contribution is 2.37. The molecule has 122 valence electrons. The third kappa shape index (κ3) is 3.62. The summed E-state index contributed by atoms with van der Waals surface area (Å²) in [4.78, 5) is 14.3. The van der Waals surface area contributed by atoms with Crippen LogP contribution in [0.5, 0.6) is 0 Å². The van der Waals surface area contributed by atoms with E-state index in [4.69, 9.17) is 0 Å². The summed E-state index contributed by atoms with van der Waals surface area (Å²) >= 11 is 0. The molecule has 0 spiro atoms. The van der Waals surface area contributed by atoms with Crippen molar-refractivity contribution in [2.24, 2.45) is 11.8 Å². The van der Waals surface area contributed by atoms with Crippen LogP contribution in [-0.4, -0.2) is 44.8 Å². The van der Waals surface area contributed by atoms with Gasteiger partial charge in [0.2, 0.25) is 11.8 Å². The van der Waals surface area contributed by atoms with Crippen LogP contribution in [0, 0.1) is 11.8 Å². The summed E-state index contributed by atoms with van der Waals surface area (Å²) in [5, 5.41) is 7.73. The van der Waals surface area contributed by atoms with E-state index < -0.39 is 11.8 Å². The molecule has 1 amide bonds. The number of hydrogen-bond donors (Lipinski definition) is 0. The van der Waals surface area contributed by atoms with Crippen molar-refractivity contribution < 1.29 is 13.6 Å². The summed E-state index contributed by atoms with van der Waals surface area (Å²) in [7, 11) is 0. The minimum Gasteiger partial charge on any atom is -0.342 e. The Kier molecular flexibility index (Phi) is 4.40. The molecule has 0 aromatic carbocycles. The smallest absolute Gasteiger partial charge is 0.248 e. The van der Waals surface area contributed by atoms with E-state index in [-0.39, 0.29) is 18.7 Å². The van der Waals surface area contributed by atoms with Crippen LogP contribution in [0.2, 0.25) is 0 Å². The molecule has 1 saturated heterocycles. The number of alkyl halides is 2. The van der Waals surface area contributed by atoms with Crippen molar-refractivity contribution >= 4 is 5.91 Å². The van der Waals surface area contributed by atoms with Gasteiger partial charge in [-0.1, -0.05) is 5.21 Å². The highest BCUT2D eigenvalue weighted by atomic mass is 19.3. The maximum Gasteiger partial charge on any atom is 0.248 e. The molecule has 3 rings (SSSR count). The minimum atomic E-state index is -2.67. The average molecular weight is 312 g/mol. The lowest BCUT2D eigenvalue weighted by molar-refractivity contribution is -0.144. The fourth-order valence-electron chi connectivity index (χ4n) is 3.65. The van der Waals surface area contributed by atoms with E-state index in [1.54, 1.807) is 15.8 Å². The second-order valence-corrected chi connectivity index (χ2v) is 6.57. The predicted molar refractivity (Wildman–Crippen MR) is 76.2 cm³/mol. The zero-order chi connectivity index (χ0) is 15.6. The fraction of sp³-hybridized carbons (Fsp3) is 0.800. The summed E-state index contributed by atoms with van der Waals surface area (Å²) in [6, 6.07) is 0. The van der Waals surface area contributed by atoms with Crippen LogP contribution in [0.4, 0.5) is 8.78 Å². The Labute approximate surface area is 128 Å². The molecule has 7 heteroatoms. The van der Waals surface area contributed by atoms with Crippen molar-refractivity contribution in [2.45, 2.75) is 51.0 Å². The van der Waals surface area contributed by atoms with E-state index in [9.17, 15) is 13.6 Å². The van der Waals surface area contributed by atoms with E-state index in [0.29, 0.717) is 31.8 Å². The standard InChI is InChI=1S/C15H22F2N4O/c16-15(17)5-1-4-13(9-15)14(22)20-7-2-3-12(10-20)11-21-8-6-18-19-21/h6,8,12-13H,1-5,7,9-11H2/t12-,13-/m1/s1. The number of carbonyl (C=O) groups excluding carboxylic acids is 1. The molecule has 2 fully saturated rings. The van der Waals surface area contributed by atoms with Gasteiger partial charge in [-0.25, -0.2) is 8.78 Å². The van der Waals surface area contributed by atoms with Gasteiger partial charge in [0.05, 0.1) is 6.20 Å². The number of likely N-dealkylation sites (tertiary alicyclic amines) is 1. The third-order valence-electron chi connectivity index (χ3n) is 4.74. The van der Waals surface area contributed by atoms with Crippen LogP contribution in [0.3, 0.4) is 0 Å². The number of halogens is 2. The first-order chi connectivity index (χ1) is 10.5. The number of carbonyl (C=O) groups is 1. The number of hydrogen-bond acceptors (Lipinski definition) is 3. The fourth-order valence-corrected chi connectivity index (χ4v) is 3.65. The van der Waals surface area contributed by atoms with Gasteiger partial charge in [-0.15, -0.1) is 5.10 Å². The normalized spacial score (nSPS) is 28.5. The molecule has 5 nitrogen and oxygen atoms in total. The van der Waals surface area contributed by atoms with Crippen LogP contribution >= 0.6 is 0 Å². The zero-order valence-corrected chi connectivity index (χ0v) is 12.6. The second kappa shape index (κ2) is 6.30. The van der Waals surface area contributed by atoms with E-state index in [1.807, 2.05) is 6.20 Å². The summed E-state index contributed by atoms with van der Waals surface area (Å²) < 4.78 is 28.8. The Hall–Kier alpha value is -1.53. The highest BCUT2D eigenvalue weighted by molar-refractivity contribution is 5.79. The van der Waals surface area contributed by atoms with Crippen LogP contribution in [0.1, 0.15) is 38.5 Å². The van der Waals surface area contributed by atoms with Gasteiger partial charge >= 0.3 is 0 Å². The number of rotatable bonds is 3. The average Bonchev–Trinajstić information content (AvgIpc) is 2.98. The van der Waals surface area contributed by atoms with Crippen LogP contribution in [0.15, 0.2) is 12.4 Å². The Morgan fingerprint density at radius 3 is 2.91 bits per heavy atom. The van der Waals surface area contributed by atoms with Gasteiger partial charge in [0.15, 0.2) is 0 Å². The molecule has 1 aliphatic carbocycles. The zero-order valence-electron chi connectivity index (χ0n) is 12.6. The predicted octanol–water partition coefficient (Wildman–Crippen LogP) is 2.34. The van der Waals surface area contributed by atoms with Crippen molar-refractivity contribution in [3.63, 3.8) is 0 Å². The van der Waals surface area contributed by atoms with Crippen molar-refractivity contribution in [1.82, 2.24) is 19.9 Å². The lowest BCUT2D eigenvalue weighted by Crippen LogP contribution is -2.46. The summed E-state index contributed by atoms with van der Waals surface area (Å²) in [5.74, 6) is -2.94. The third-order valence-corrected chi connectivity index (χ3v) is 4.74. The Morgan fingerprint density at radius 2 is 2.18 bits per heavy atom. The molecule has 2 aliphatic rings. The van der Waals surface area contributed by atoms with Crippen LogP contribution < -0.4 is 0 Å². The van der Waals surface area contributed by atoms with Crippen molar-refractivity contribution in [3.05, 3.63) is 12.4 Å². The Balaban J connectivity index is 1.58. The van der Waals surface area contributed by atoms with Crippen LogP contribution in [0.25, 0.3) is 0 Å². The molecule has 0 bridgehead atoms. The van der Waals surface area contributed by atoms with Crippen molar-refractivity contribution in [3.8, 4) is 0 Å². The molecule has 1 saturated carbocycles. The van der Waals surface area contributed by atoms with E-state index >= 15 is 0 Å². The molecule has 1 aliphatic heterocycles. The minimum absolute atomic E-state index is 0.0777. The molecule has 2 atom stereocenters. The molecular formula is C15H22F2N4O. The summed E-state index contributed by atoms with van der Waals surface area (Å²) in [5.41, 5.74) is 0. The topological polar surface area (TPSA) is 51.0 Å². The number of aromatic nitrogens is 3. The molecule has 0 N–H and O–H groups in total. The molecule has 0 radical (unpaired) electrons. The lowest BCUT2D eigenvalue weighted by atomic mass is 9.85. The van der Waals surface area contributed by atoms with Gasteiger partial charge in [0, 0.05) is 44.6 Å². The first kappa shape index (κ1) is 15.4. The molecule has 1 aromatic rings. The van der Waals surface area contributed by atoms with Crippen LogP contribution in [-0.2, 0) is 11.3 Å². The quantitative estimate of drug-likeness (QED) is 0.861. The first-order valence-corrected chi connectivity index (χ1v) is 8.04. The molecule has 2 heterocycles. The van der Waals surface area contributed by atoms with Gasteiger partial charge in [-0.3, -0.25) is 9.48 Å². The number of nitrogens with zero attached hydrogens (tertiary/aromatic N) is 4. The summed E-state index contributed by atoms with van der Waals surface area (Å²) in [6.45, 7) is 2.06. The van der Waals surface area contributed by atoms with E-state index in [2.05, 4.69) is 10.3 Å². The summed E-state index contributed by atoms with van der Waals surface area (Å²) in [6.07, 6.45) is 6.08. The van der Waals surface area contributed by atoms with E-state index in [1.165, 1.54) is 0 Å². The molecule has 0 unspecified atom stereocenters. The lowest BCUT2D eigenvalue weighted by Gasteiger charge is -2.37. The Morgan fingerprint density at radius 1 is 1.32 bits per heavy atom. The van der Waals surface area contributed by atoms with Gasteiger partial charge < -0.3 is 4.90 Å². The SMILES string of the molecule is O=C([C@@H]1CCCC(F)(F)C1)N1CCC[C@@H](Cn2ccnn2)C1. The maximum absolute atomic E-state index is 13.5. The maximum atomic E-state index is 13.5. The molecule has 22 heavy (non-hydrogen) atoms. The van der Waals surface area contributed by atoms with Crippen molar-refractivity contribution in [2.75, 3.05) is 13.1 Å². The largest absolute Gasteiger partial charge is 0.342 e. The van der Waals surface area contributed by atoms with Gasteiger partial charge in [0.1, 0.15) is 0 Å². The van der Waals surface area contributed by atoms with Gasteiger partial charge in [0.25, 0.3) is 0 Å². The molecular weight excluding hydrogens is 290 g/mol. The molecule has 1 aromatic heterocycles. The van der Waals surface area contributed by atoms with E-state index in [0.717, 1.165) is 19.4 Å². The second-order valence-electron chi connectivity index (χ2n) is 6.57. The monoisotopic (exact) mass is 312 g/mol. The van der Waals surface area contributed by atoms with Gasteiger partial charge in [-0.05, 0) is 31.6 Å². The van der Waals surface area contributed by atoms with Crippen molar-refractivity contribution in [1.29, 1.82) is 0 Å². The number of amides is 1. The first-order valence-electron chi connectivity index (χ1n) is 8.04.